The van der Waals surface area contributed by atoms with Crippen molar-refractivity contribution < 1.29 is 0 Å². The Hall–Kier alpha value is -6.64. The highest BCUT2D eigenvalue weighted by Crippen LogP contribution is 2.47. The van der Waals surface area contributed by atoms with E-state index in [0.29, 0.717) is 0 Å². The van der Waals surface area contributed by atoms with E-state index in [1.165, 1.54) is 84.8 Å². The molecule has 2 nitrogen and oxygen atoms in total. The number of fused-ring (bicyclic) bond motifs is 4. The van der Waals surface area contributed by atoms with E-state index in [1.807, 2.05) is 0 Å². The van der Waals surface area contributed by atoms with Gasteiger partial charge in [0.15, 0.2) is 0 Å². The molecule has 0 unspecified atom stereocenters. The monoisotopic (exact) mass is 748 g/mol. The molecule has 9 aromatic rings. The second-order valence-corrected chi connectivity index (χ2v) is 17.3. The van der Waals surface area contributed by atoms with Crippen molar-refractivity contribution in [3.8, 4) is 39.1 Å². The summed E-state index contributed by atoms with van der Waals surface area (Å²) in [6.07, 6.45) is 2.40. The number of anilines is 3. The van der Waals surface area contributed by atoms with Crippen LogP contribution in [0.2, 0.25) is 0 Å². The van der Waals surface area contributed by atoms with Gasteiger partial charge in [0.05, 0.1) is 11.0 Å². The first-order valence-corrected chi connectivity index (χ1v) is 20.6. The van der Waals surface area contributed by atoms with E-state index < -0.39 is 0 Å². The van der Waals surface area contributed by atoms with Gasteiger partial charge in [0.2, 0.25) is 0 Å². The Labute approximate surface area is 342 Å². The van der Waals surface area contributed by atoms with Crippen LogP contribution < -0.4 is 4.90 Å². The van der Waals surface area contributed by atoms with Crippen LogP contribution in [0, 0.1) is 0 Å². The molecule has 1 aliphatic carbocycles. The third kappa shape index (κ3) is 6.30. The van der Waals surface area contributed by atoms with Crippen LogP contribution in [0.5, 0.6) is 0 Å². The molecule has 0 fully saturated rings. The van der Waals surface area contributed by atoms with Crippen molar-refractivity contribution >= 4 is 38.9 Å². The van der Waals surface area contributed by atoms with Crippen LogP contribution >= 0.6 is 0 Å². The molecule has 0 spiro atoms. The second-order valence-electron chi connectivity index (χ2n) is 17.3. The number of nitrogens with zero attached hydrogens (tertiary/aromatic N) is 2. The van der Waals surface area contributed by atoms with Gasteiger partial charge < -0.3 is 9.47 Å². The van der Waals surface area contributed by atoms with Crippen LogP contribution in [0.3, 0.4) is 0 Å². The molecule has 0 saturated heterocycles. The number of hydrogen-bond donors (Lipinski definition) is 0. The molecule has 10 rings (SSSR count). The summed E-state index contributed by atoms with van der Waals surface area (Å²) in [5.74, 6) is 0. The summed E-state index contributed by atoms with van der Waals surface area (Å²) in [5.41, 5.74) is 17.5. The van der Waals surface area contributed by atoms with Crippen molar-refractivity contribution in [1.82, 2.24) is 4.57 Å². The summed E-state index contributed by atoms with van der Waals surface area (Å²) in [6.45, 7) is 9.64. The average Bonchev–Trinajstić information content (AvgIpc) is 3.60. The number of para-hydroxylation sites is 1. The predicted molar refractivity (Wildman–Crippen MR) is 247 cm³/mol. The zero-order valence-electron chi connectivity index (χ0n) is 33.8. The van der Waals surface area contributed by atoms with Crippen molar-refractivity contribution in [2.75, 3.05) is 4.90 Å². The maximum absolute atomic E-state index is 2.49. The molecule has 58 heavy (non-hydrogen) atoms. The average molecular weight is 749 g/mol. The quantitative estimate of drug-likeness (QED) is 0.158. The van der Waals surface area contributed by atoms with Gasteiger partial charge in [-0.05, 0) is 129 Å². The van der Waals surface area contributed by atoms with Gasteiger partial charge in [-0.3, -0.25) is 0 Å². The largest absolute Gasteiger partial charge is 0.310 e. The Morgan fingerprint density at radius 2 is 0.862 bits per heavy atom. The molecular weight excluding hydrogens is 701 g/mol. The molecule has 0 N–H and O–H groups in total. The van der Waals surface area contributed by atoms with Crippen molar-refractivity contribution in [2.24, 2.45) is 0 Å². The standard InChI is InChI=1S/C56H48N2/c1-55(2)34-35-56(3,4)52-38-48(31-33-51(52)55)58-53-21-12-11-20-49(53)50-32-26-44(37-54(50)58)43-18-13-19-47(36-43)57(45-27-22-41(23-28-45)39-14-7-5-8-15-39)46-29-24-42(25-30-46)40-16-9-6-10-17-40/h5-33,36-38H,34-35H2,1-4H3. The first-order chi connectivity index (χ1) is 28.2. The molecule has 0 atom stereocenters. The third-order valence-corrected chi connectivity index (χ3v) is 12.7. The maximum Gasteiger partial charge on any atom is 0.0547 e. The van der Waals surface area contributed by atoms with Crippen LogP contribution in [0.4, 0.5) is 17.1 Å². The summed E-state index contributed by atoms with van der Waals surface area (Å²) in [4.78, 5) is 2.37. The zero-order valence-corrected chi connectivity index (χ0v) is 33.8. The summed E-state index contributed by atoms with van der Waals surface area (Å²) < 4.78 is 2.49. The van der Waals surface area contributed by atoms with Crippen LogP contribution in [0.15, 0.2) is 194 Å². The molecule has 282 valence electrons. The maximum atomic E-state index is 2.49. The van der Waals surface area contributed by atoms with Gasteiger partial charge in [0.25, 0.3) is 0 Å². The lowest BCUT2D eigenvalue weighted by atomic mass is 9.63. The van der Waals surface area contributed by atoms with Gasteiger partial charge in [0.1, 0.15) is 0 Å². The molecule has 8 aromatic carbocycles. The van der Waals surface area contributed by atoms with Crippen molar-refractivity contribution in [3.63, 3.8) is 0 Å². The Kier molecular flexibility index (Phi) is 8.68. The predicted octanol–water partition coefficient (Wildman–Crippen LogP) is 15.6. The van der Waals surface area contributed by atoms with Gasteiger partial charge in [-0.25, -0.2) is 0 Å². The fourth-order valence-electron chi connectivity index (χ4n) is 9.28. The molecule has 0 bridgehead atoms. The molecule has 0 saturated carbocycles. The topological polar surface area (TPSA) is 8.17 Å². The Balaban J connectivity index is 1.09. The van der Waals surface area contributed by atoms with Crippen LogP contribution in [-0.2, 0) is 10.8 Å². The highest BCUT2D eigenvalue weighted by Gasteiger charge is 2.37. The first-order valence-electron chi connectivity index (χ1n) is 20.6. The number of hydrogen-bond acceptors (Lipinski definition) is 1. The summed E-state index contributed by atoms with van der Waals surface area (Å²) in [5, 5.41) is 2.55. The fraction of sp³-hybridized carbons (Fsp3) is 0.143. The van der Waals surface area contributed by atoms with Crippen molar-refractivity contribution in [1.29, 1.82) is 0 Å². The molecule has 2 heteroatoms. The molecule has 0 aliphatic heterocycles. The molecular formula is C56H48N2. The van der Waals surface area contributed by atoms with Crippen LogP contribution in [0.1, 0.15) is 51.7 Å². The van der Waals surface area contributed by atoms with Crippen LogP contribution in [-0.4, -0.2) is 4.57 Å². The Morgan fingerprint density at radius 3 is 1.50 bits per heavy atom. The minimum atomic E-state index is 0.126. The second kappa shape index (κ2) is 14.1. The lowest BCUT2D eigenvalue weighted by molar-refractivity contribution is 0.332. The van der Waals surface area contributed by atoms with Crippen molar-refractivity contribution in [3.05, 3.63) is 205 Å². The molecule has 0 amide bonds. The van der Waals surface area contributed by atoms with E-state index >= 15 is 0 Å². The Bertz CT molecular complexity index is 2830. The fourth-order valence-corrected chi connectivity index (χ4v) is 9.28. The summed E-state index contributed by atoms with van der Waals surface area (Å²) in [7, 11) is 0. The van der Waals surface area contributed by atoms with E-state index in [-0.39, 0.29) is 10.8 Å². The minimum absolute atomic E-state index is 0.126. The molecule has 1 aliphatic rings. The van der Waals surface area contributed by atoms with Gasteiger partial charge >= 0.3 is 0 Å². The van der Waals surface area contributed by atoms with Gasteiger partial charge in [-0.2, -0.15) is 0 Å². The highest BCUT2D eigenvalue weighted by atomic mass is 15.1. The lowest BCUT2D eigenvalue weighted by Gasteiger charge is -2.42. The molecule has 0 radical (unpaired) electrons. The van der Waals surface area contributed by atoms with Crippen LogP contribution in [0.25, 0.3) is 60.9 Å². The smallest absolute Gasteiger partial charge is 0.0547 e. The number of rotatable bonds is 7. The normalized spacial score (nSPS) is 14.3. The van der Waals surface area contributed by atoms with Gasteiger partial charge in [-0.15, -0.1) is 0 Å². The van der Waals surface area contributed by atoms with Crippen molar-refractivity contribution in [2.45, 2.75) is 51.4 Å². The molecule has 1 heterocycles. The van der Waals surface area contributed by atoms with E-state index in [2.05, 4.69) is 231 Å². The summed E-state index contributed by atoms with van der Waals surface area (Å²) >= 11 is 0. The van der Waals surface area contributed by atoms with Gasteiger partial charge in [-0.1, -0.05) is 161 Å². The van der Waals surface area contributed by atoms with E-state index in [0.717, 1.165) is 17.1 Å². The number of benzene rings is 8. The third-order valence-electron chi connectivity index (χ3n) is 12.7. The summed E-state index contributed by atoms with van der Waals surface area (Å²) in [6, 6.07) is 71.2. The zero-order chi connectivity index (χ0) is 39.4. The Morgan fingerprint density at radius 1 is 0.362 bits per heavy atom. The lowest BCUT2D eigenvalue weighted by Crippen LogP contribution is -2.33. The van der Waals surface area contributed by atoms with E-state index in [9.17, 15) is 0 Å². The molecule has 1 aromatic heterocycles. The first kappa shape index (κ1) is 35.8. The number of aromatic nitrogens is 1. The van der Waals surface area contributed by atoms with E-state index in [1.54, 1.807) is 0 Å². The minimum Gasteiger partial charge on any atom is -0.310 e. The van der Waals surface area contributed by atoms with Gasteiger partial charge in [0, 0.05) is 33.5 Å². The SMILES string of the molecule is CC1(C)CCC(C)(C)c2cc(-n3c4ccccc4c4ccc(-c5cccc(N(c6ccc(-c7ccccc7)cc6)c6ccc(-c7ccccc7)cc6)c5)cc43)ccc21. The highest BCUT2D eigenvalue weighted by molar-refractivity contribution is 6.10. The van der Waals surface area contributed by atoms with E-state index in [4.69, 9.17) is 0 Å².